The van der Waals surface area contributed by atoms with Crippen molar-refractivity contribution < 1.29 is 24.3 Å². The van der Waals surface area contributed by atoms with Crippen molar-refractivity contribution in [2.75, 3.05) is 25.0 Å². The molecule has 1 aliphatic rings. The smallest absolute Gasteiger partial charge is 0.284 e. The summed E-state index contributed by atoms with van der Waals surface area (Å²) in [5, 5.41) is 12.4. The molecule has 1 heterocycles. The summed E-state index contributed by atoms with van der Waals surface area (Å²) in [6, 6.07) is 6.94. The molecule has 0 saturated carbocycles. The fourth-order valence-corrected chi connectivity index (χ4v) is 4.49. The lowest BCUT2D eigenvalue weighted by Gasteiger charge is -2.23. The van der Waals surface area contributed by atoms with Crippen LogP contribution < -0.4 is 10.8 Å². The molecule has 0 unspecified atom stereocenters. The average molecular weight is 498 g/mol. The van der Waals surface area contributed by atoms with E-state index < -0.39 is 5.91 Å². The molecular formula is C26H31N3O5S. The summed E-state index contributed by atoms with van der Waals surface area (Å²) in [6.07, 6.45) is 14.1. The molecule has 8 nitrogen and oxygen atoms in total. The molecule has 0 fully saturated rings. The molecule has 0 radical (unpaired) electrons. The topological polar surface area (TPSA) is 108 Å². The van der Waals surface area contributed by atoms with Crippen LogP contribution in [0.2, 0.25) is 0 Å². The molecule has 0 aliphatic heterocycles. The number of thiophene rings is 1. The summed E-state index contributed by atoms with van der Waals surface area (Å²) in [6.45, 7) is 2.36. The number of hydrogen-bond donors (Lipinski definition) is 3. The van der Waals surface area contributed by atoms with Crippen LogP contribution >= 0.6 is 11.3 Å². The number of carbonyl (C=O) groups is 3. The van der Waals surface area contributed by atoms with Crippen molar-refractivity contribution in [3.63, 3.8) is 0 Å². The van der Waals surface area contributed by atoms with Gasteiger partial charge in [-0.2, -0.15) is 0 Å². The fraction of sp³-hybridized carbons (Fsp3) is 0.346. The first-order valence-corrected chi connectivity index (χ1v) is 12.5. The number of benzene rings is 1. The average Bonchev–Trinajstić information content (AvgIpc) is 3.25. The van der Waals surface area contributed by atoms with E-state index in [0.29, 0.717) is 29.3 Å². The standard InChI is InChI=1S/C26H31N3O5S/c1-2-3-9-14-29(25(31)18-34-21-10-7-5-4-6-8-11-21)17-24(30)27-20-12-13-22-19(15-20)16-23(35-22)26(32)28-33/h5-8,10,12-13,15-16,33H,2-4,9,11,14,17-18H2,1H3,(H,27,30)(H,28,32)/b7-5?,8-6-,21-10+. The number of fused-ring (bicyclic) bond motifs is 1. The first-order chi connectivity index (χ1) is 17.0. The maximum absolute atomic E-state index is 12.9. The molecule has 0 spiro atoms. The van der Waals surface area contributed by atoms with Crippen molar-refractivity contribution in [2.24, 2.45) is 0 Å². The first kappa shape index (κ1) is 26.2. The number of nitrogens with one attached hydrogen (secondary N) is 2. The zero-order valence-corrected chi connectivity index (χ0v) is 20.6. The third-order valence-corrected chi connectivity index (χ3v) is 6.52. The van der Waals surface area contributed by atoms with Gasteiger partial charge in [-0.05, 0) is 48.6 Å². The predicted molar refractivity (Wildman–Crippen MR) is 137 cm³/mol. The highest BCUT2D eigenvalue weighted by Gasteiger charge is 2.18. The molecule has 9 heteroatoms. The Balaban J connectivity index is 1.62. The maximum atomic E-state index is 12.9. The molecule has 1 aromatic heterocycles. The number of carbonyl (C=O) groups excluding carboxylic acids is 3. The monoisotopic (exact) mass is 497 g/mol. The molecule has 1 aromatic carbocycles. The van der Waals surface area contributed by atoms with Gasteiger partial charge in [0.15, 0.2) is 6.61 Å². The van der Waals surface area contributed by atoms with Crippen LogP contribution in [0.3, 0.4) is 0 Å². The largest absolute Gasteiger partial charge is 0.488 e. The summed E-state index contributed by atoms with van der Waals surface area (Å²) >= 11 is 1.24. The van der Waals surface area contributed by atoms with Crippen LogP contribution in [-0.2, 0) is 14.3 Å². The molecule has 0 saturated heterocycles. The molecule has 186 valence electrons. The first-order valence-electron chi connectivity index (χ1n) is 11.7. The van der Waals surface area contributed by atoms with E-state index in [0.717, 1.165) is 35.8 Å². The Morgan fingerprint density at radius 1 is 1.14 bits per heavy atom. The minimum atomic E-state index is -0.581. The summed E-state index contributed by atoms with van der Waals surface area (Å²) in [7, 11) is 0. The van der Waals surface area contributed by atoms with Crippen molar-refractivity contribution in [1.29, 1.82) is 0 Å². The van der Waals surface area contributed by atoms with E-state index in [1.807, 2.05) is 30.4 Å². The highest BCUT2D eigenvalue weighted by atomic mass is 32.1. The van der Waals surface area contributed by atoms with Gasteiger partial charge in [0, 0.05) is 23.4 Å². The van der Waals surface area contributed by atoms with Crippen molar-refractivity contribution in [2.45, 2.75) is 39.0 Å². The molecule has 1 aliphatic carbocycles. The Morgan fingerprint density at radius 3 is 2.80 bits per heavy atom. The normalized spacial score (nSPS) is 15.4. The number of hydroxylamine groups is 1. The molecule has 3 rings (SSSR count). The lowest BCUT2D eigenvalue weighted by Crippen LogP contribution is -2.40. The quantitative estimate of drug-likeness (QED) is 0.179. The summed E-state index contributed by atoms with van der Waals surface area (Å²) in [5.74, 6) is -0.418. The molecule has 35 heavy (non-hydrogen) atoms. The molecule has 0 atom stereocenters. The van der Waals surface area contributed by atoms with Gasteiger partial charge in [-0.3, -0.25) is 19.6 Å². The van der Waals surface area contributed by atoms with Gasteiger partial charge in [0.2, 0.25) is 5.91 Å². The van der Waals surface area contributed by atoms with Gasteiger partial charge in [0.1, 0.15) is 5.76 Å². The van der Waals surface area contributed by atoms with Crippen molar-refractivity contribution in [3.05, 3.63) is 65.3 Å². The third-order valence-electron chi connectivity index (χ3n) is 5.40. The lowest BCUT2D eigenvalue weighted by molar-refractivity contribution is -0.137. The van der Waals surface area contributed by atoms with E-state index in [1.165, 1.54) is 16.2 Å². The molecule has 2 aromatic rings. The van der Waals surface area contributed by atoms with Crippen LogP contribution in [0.5, 0.6) is 0 Å². The second-order valence-corrected chi connectivity index (χ2v) is 9.22. The number of nitrogens with zero attached hydrogens (tertiary/aromatic N) is 1. The van der Waals surface area contributed by atoms with Crippen LogP contribution in [0.4, 0.5) is 5.69 Å². The van der Waals surface area contributed by atoms with Crippen LogP contribution in [0, 0.1) is 0 Å². The van der Waals surface area contributed by atoms with Crippen LogP contribution in [-0.4, -0.2) is 47.5 Å². The minimum Gasteiger partial charge on any atom is -0.488 e. The Labute approximate surface area is 208 Å². The number of anilines is 1. The Bertz CT molecular complexity index is 1140. The number of rotatable bonds is 11. The van der Waals surface area contributed by atoms with Gasteiger partial charge in [-0.25, -0.2) is 5.48 Å². The van der Waals surface area contributed by atoms with Crippen LogP contribution in [0.15, 0.2) is 60.4 Å². The Hall–Kier alpha value is -3.43. The van der Waals surface area contributed by atoms with Gasteiger partial charge >= 0.3 is 0 Å². The van der Waals surface area contributed by atoms with E-state index in [-0.39, 0.29) is 25.0 Å². The number of allylic oxidation sites excluding steroid dienone is 5. The maximum Gasteiger partial charge on any atom is 0.284 e. The van der Waals surface area contributed by atoms with Gasteiger partial charge < -0.3 is 15.0 Å². The Morgan fingerprint density at radius 2 is 2.00 bits per heavy atom. The number of ether oxygens (including phenoxy) is 1. The zero-order valence-electron chi connectivity index (χ0n) is 19.8. The number of amides is 3. The summed E-state index contributed by atoms with van der Waals surface area (Å²) < 4.78 is 6.58. The number of hydrogen-bond acceptors (Lipinski definition) is 6. The van der Waals surface area contributed by atoms with Gasteiger partial charge in [-0.15, -0.1) is 11.3 Å². The second kappa shape index (κ2) is 13.5. The zero-order chi connectivity index (χ0) is 25.0. The summed E-state index contributed by atoms with van der Waals surface area (Å²) in [4.78, 5) is 39.2. The molecule has 0 bridgehead atoms. The SMILES string of the molecule is CCCCCN(CC(=O)Nc1ccc2sc(C(=O)NO)cc2c1)C(=O)CO/C1=C/C=CC/C=C\C1. The van der Waals surface area contributed by atoms with E-state index in [2.05, 4.69) is 12.2 Å². The third kappa shape index (κ3) is 8.08. The van der Waals surface area contributed by atoms with Crippen molar-refractivity contribution in [1.82, 2.24) is 10.4 Å². The van der Waals surface area contributed by atoms with Crippen LogP contribution in [0.1, 0.15) is 48.7 Å². The van der Waals surface area contributed by atoms with E-state index in [1.54, 1.807) is 29.7 Å². The van der Waals surface area contributed by atoms with Crippen LogP contribution in [0.25, 0.3) is 10.1 Å². The lowest BCUT2D eigenvalue weighted by atomic mass is 10.2. The molecule has 3 amide bonds. The number of unbranched alkanes of at least 4 members (excludes halogenated alkanes) is 2. The van der Waals surface area contributed by atoms with E-state index in [4.69, 9.17) is 9.94 Å². The fourth-order valence-electron chi connectivity index (χ4n) is 3.56. The van der Waals surface area contributed by atoms with Gasteiger partial charge in [0.25, 0.3) is 11.8 Å². The molecule has 3 N–H and O–H groups in total. The van der Waals surface area contributed by atoms with E-state index in [9.17, 15) is 14.4 Å². The van der Waals surface area contributed by atoms with E-state index >= 15 is 0 Å². The highest BCUT2D eigenvalue weighted by molar-refractivity contribution is 7.20. The minimum absolute atomic E-state index is 0.0788. The van der Waals surface area contributed by atoms with Gasteiger partial charge in [0.05, 0.1) is 11.4 Å². The molecular weight excluding hydrogens is 466 g/mol. The second-order valence-electron chi connectivity index (χ2n) is 8.14. The predicted octanol–water partition coefficient (Wildman–Crippen LogP) is 4.78. The van der Waals surface area contributed by atoms with Gasteiger partial charge in [-0.1, -0.05) is 44.1 Å². The van der Waals surface area contributed by atoms with Crippen molar-refractivity contribution >= 4 is 44.8 Å². The highest BCUT2D eigenvalue weighted by Crippen LogP contribution is 2.28. The Kier molecular flexibility index (Phi) is 10.1. The van der Waals surface area contributed by atoms with Crippen molar-refractivity contribution in [3.8, 4) is 0 Å². The summed E-state index contributed by atoms with van der Waals surface area (Å²) in [5.41, 5.74) is 2.18.